The molecule has 1 spiro atoms. The largest absolute Gasteiger partial charge is 0.396 e. The predicted molar refractivity (Wildman–Crippen MR) is 77.9 cm³/mol. The van der Waals surface area contributed by atoms with Crippen molar-refractivity contribution in [1.82, 2.24) is 10.3 Å². The maximum absolute atomic E-state index is 13.3. The van der Waals surface area contributed by atoms with E-state index >= 15 is 0 Å². The van der Waals surface area contributed by atoms with Gasteiger partial charge in [-0.1, -0.05) is 0 Å². The number of aliphatic hydroxyl groups is 1. The van der Waals surface area contributed by atoms with E-state index in [2.05, 4.69) is 10.3 Å². The molecule has 0 bridgehead atoms. The van der Waals surface area contributed by atoms with E-state index in [-0.39, 0.29) is 0 Å². The Balaban J connectivity index is 1.93. The Morgan fingerprint density at radius 1 is 1.33 bits per heavy atom. The summed E-state index contributed by atoms with van der Waals surface area (Å²) in [5, 5.41) is 12.5. The van der Waals surface area contributed by atoms with Crippen LogP contribution in [0.3, 0.4) is 0 Å². The summed E-state index contributed by atoms with van der Waals surface area (Å²) in [5.74, 6) is -3.15. The highest BCUT2D eigenvalue weighted by Gasteiger charge is 2.56. The van der Waals surface area contributed by atoms with Gasteiger partial charge in [-0.25, -0.2) is 4.39 Å². The monoisotopic (exact) mass is 348 g/mol. The van der Waals surface area contributed by atoms with Crippen molar-refractivity contribution >= 4 is 0 Å². The summed E-state index contributed by atoms with van der Waals surface area (Å²) in [6.45, 7) is 0.304. The van der Waals surface area contributed by atoms with Crippen LogP contribution in [0.25, 0.3) is 0 Å². The Morgan fingerprint density at radius 2 is 2.04 bits per heavy atom. The number of piperidine rings is 1. The highest BCUT2D eigenvalue weighted by molar-refractivity contribution is 5.18. The van der Waals surface area contributed by atoms with E-state index in [0.717, 1.165) is 6.20 Å². The molecular formula is C16H20F4N2O2. The molecular weight excluding hydrogens is 328 g/mol. The van der Waals surface area contributed by atoms with Crippen LogP contribution in [0.1, 0.15) is 30.9 Å². The molecule has 0 radical (unpaired) electrons. The number of aliphatic hydroxyl groups excluding tert-OH is 1. The molecule has 0 aliphatic carbocycles. The van der Waals surface area contributed by atoms with Crippen molar-refractivity contribution in [2.75, 3.05) is 19.7 Å². The molecule has 2 saturated heterocycles. The number of nitrogens with zero attached hydrogens (tertiary/aromatic N) is 1. The second kappa shape index (κ2) is 6.57. The summed E-state index contributed by atoms with van der Waals surface area (Å²) in [7, 11) is 0. The van der Waals surface area contributed by atoms with E-state index in [4.69, 9.17) is 4.74 Å². The van der Waals surface area contributed by atoms with Crippen LogP contribution in [0.5, 0.6) is 0 Å². The summed E-state index contributed by atoms with van der Waals surface area (Å²) in [6, 6.07) is 2.59. The molecule has 0 saturated carbocycles. The fourth-order valence-corrected chi connectivity index (χ4v) is 3.78. The molecule has 4 nitrogen and oxygen atoms in total. The normalized spacial score (nSPS) is 28.2. The molecule has 3 atom stereocenters. The Hall–Kier alpha value is -1.25. The summed E-state index contributed by atoms with van der Waals surface area (Å²) in [6.07, 6.45) is -3.18. The van der Waals surface area contributed by atoms with E-state index in [0.29, 0.717) is 38.0 Å². The summed E-state index contributed by atoms with van der Waals surface area (Å²) in [5.41, 5.74) is -0.269. The molecule has 2 aliphatic heterocycles. The predicted octanol–water partition coefficient (Wildman–Crippen LogP) is 2.39. The molecule has 24 heavy (non-hydrogen) atoms. The molecule has 2 unspecified atom stereocenters. The van der Waals surface area contributed by atoms with Crippen molar-refractivity contribution in [3.63, 3.8) is 0 Å². The topological polar surface area (TPSA) is 54.4 Å². The number of ether oxygens (including phenoxy) is 1. The van der Waals surface area contributed by atoms with E-state index in [1.165, 1.54) is 12.1 Å². The standard InChI is InChI=1S/C16H20F4N2O2/c17-10-1-2-13(22-8-10)11-7-15(3-5-21-6-4-15)24-14(11)12(9-23)16(18,19)20/h1-2,8,11-12,14,21,23H,3-7,9H2/t11?,12?,14-/m1/s1. The first-order valence-corrected chi connectivity index (χ1v) is 8.02. The van der Waals surface area contributed by atoms with E-state index in [1.54, 1.807) is 0 Å². The molecule has 0 aromatic carbocycles. The van der Waals surface area contributed by atoms with E-state index in [9.17, 15) is 22.7 Å². The van der Waals surface area contributed by atoms with Crippen molar-refractivity contribution < 1.29 is 27.4 Å². The number of rotatable bonds is 3. The minimum Gasteiger partial charge on any atom is -0.396 e. The number of alkyl halides is 3. The maximum Gasteiger partial charge on any atom is 0.396 e. The van der Waals surface area contributed by atoms with Gasteiger partial charge in [-0.3, -0.25) is 4.98 Å². The van der Waals surface area contributed by atoms with Gasteiger partial charge in [0.1, 0.15) is 11.7 Å². The number of aromatic nitrogens is 1. The number of pyridine rings is 1. The van der Waals surface area contributed by atoms with Gasteiger partial charge in [0.15, 0.2) is 0 Å². The van der Waals surface area contributed by atoms with Gasteiger partial charge >= 0.3 is 6.18 Å². The van der Waals surface area contributed by atoms with Crippen LogP contribution in [-0.2, 0) is 4.74 Å². The number of hydrogen-bond acceptors (Lipinski definition) is 4. The van der Waals surface area contributed by atoms with Crippen molar-refractivity contribution in [2.45, 2.75) is 43.1 Å². The molecule has 1 aromatic heterocycles. The maximum atomic E-state index is 13.3. The molecule has 0 amide bonds. The van der Waals surface area contributed by atoms with Gasteiger partial charge in [0.05, 0.1) is 24.5 Å². The minimum absolute atomic E-state index is 0.375. The Bertz CT molecular complexity index is 558. The molecule has 2 aliphatic rings. The van der Waals surface area contributed by atoms with Crippen LogP contribution < -0.4 is 5.32 Å². The van der Waals surface area contributed by atoms with Gasteiger partial charge < -0.3 is 15.2 Å². The third kappa shape index (κ3) is 3.41. The van der Waals surface area contributed by atoms with Crippen molar-refractivity contribution in [1.29, 1.82) is 0 Å². The Morgan fingerprint density at radius 3 is 2.58 bits per heavy atom. The average molecular weight is 348 g/mol. The molecule has 8 heteroatoms. The summed E-state index contributed by atoms with van der Waals surface area (Å²) >= 11 is 0. The molecule has 3 rings (SSSR count). The second-order valence-corrected chi connectivity index (χ2v) is 6.56. The number of nitrogens with one attached hydrogen (secondary N) is 1. The first-order chi connectivity index (χ1) is 11.3. The van der Waals surface area contributed by atoms with Crippen LogP contribution in [-0.4, -0.2) is 47.7 Å². The minimum atomic E-state index is -4.57. The Labute approximate surface area is 137 Å². The lowest BCUT2D eigenvalue weighted by atomic mass is 9.81. The van der Waals surface area contributed by atoms with Gasteiger partial charge in [0, 0.05) is 11.6 Å². The molecule has 3 heterocycles. The highest BCUT2D eigenvalue weighted by Crippen LogP contribution is 2.50. The summed E-state index contributed by atoms with van der Waals surface area (Å²) < 4.78 is 59.1. The van der Waals surface area contributed by atoms with Crippen molar-refractivity contribution in [2.24, 2.45) is 5.92 Å². The van der Waals surface area contributed by atoms with Gasteiger partial charge in [-0.15, -0.1) is 0 Å². The van der Waals surface area contributed by atoms with E-state index < -0.39 is 42.1 Å². The lowest BCUT2D eigenvalue weighted by Gasteiger charge is -2.35. The van der Waals surface area contributed by atoms with Crippen LogP contribution >= 0.6 is 0 Å². The number of hydrogen-bond donors (Lipinski definition) is 2. The molecule has 1 aromatic rings. The summed E-state index contributed by atoms with van der Waals surface area (Å²) in [4.78, 5) is 3.97. The molecule has 2 N–H and O–H groups in total. The van der Waals surface area contributed by atoms with Crippen molar-refractivity contribution in [3.8, 4) is 0 Å². The van der Waals surface area contributed by atoms with E-state index in [1.807, 2.05) is 0 Å². The fourth-order valence-electron chi connectivity index (χ4n) is 3.78. The zero-order chi connectivity index (χ0) is 17.4. The lowest BCUT2D eigenvalue weighted by Crippen LogP contribution is -2.44. The van der Waals surface area contributed by atoms with Gasteiger partial charge in [-0.05, 0) is 44.5 Å². The second-order valence-electron chi connectivity index (χ2n) is 6.56. The van der Waals surface area contributed by atoms with Crippen molar-refractivity contribution in [3.05, 3.63) is 29.8 Å². The van der Waals surface area contributed by atoms with Crippen LogP contribution in [0.2, 0.25) is 0 Å². The first kappa shape index (κ1) is 17.6. The van der Waals surface area contributed by atoms with Gasteiger partial charge in [-0.2, -0.15) is 13.2 Å². The smallest absolute Gasteiger partial charge is 0.396 e. The fraction of sp³-hybridized carbons (Fsp3) is 0.688. The highest BCUT2D eigenvalue weighted by atomic mass is 19.4. The quantitative estimate of drug-likeness (QED) is 0.824. The zero-order valence-corrected chi connectivity index (χ0v) is 13.0. The lowest BCUT2D eigenvalue weighted by molar-refractivity contribution is -0.224. The van der Waals surface area contributed by atoms with Gasteiger partial charge in [0.2, 0.25) is 0 Å². The third-order valence-electron chi connectivity index (χ3n) is 5.03. The zero-order valence-electron chi connectivity index (χ0n) is 13.0. The SMILES string of the molecule is OCC([C@@H]1OC2(CCNCC2)CC1c1ccc(F)cn1)C(F)(F)F. The van der Waals surface area contributed by atoms with Crippen LogP contribution in [0.4, 0.5) is 17.6 Å². The number of halogens is 4. The van der Waals surface area contributed by atoms with Crippen LogP contribution in [0.15, 0.2) is 18.3 Å². The first-order valence-electron chi connectivity index (χ1n) is 8.02. The average Bonchev–Trinajstić information content (AvgIpc) is 2.87. The molecule has 2 fully saturated rings. The van der Waals surface area contributed by atoms with Crippen LogP contribution in [0, 0.1) is 11.7 Å². The van der Waals surface area contributed by atoms with Gasteiger partial charge in [0.25, 0.3) is 0 Å². The Kier molecular flexibility index (Phi) is 4.81. The molecule has 134 valence electrons. The third-order valence-corrected chi connectivity index (χ3v) is 5.03.